The van der Waals surface area contributed by atoms with Gasteiger partial charge < -0.3 is 10.1 Å². The maximum absolute atomic E-state index is 12.2. The van der Waals surface area contributed by atoms with E-state index in [1.165, 1.54) is 0 Å². The SMILES string of the molecule is CSc1ccccc1NC(=O)N1COCC1(C)C. The fourth-order valence-corrected chi connectivity index (χ4v) is 2.46. The van der Waals surface area contributed by atoms with Crippen LogP contribution in [-0.2, 0) is 4.74 Å². The van der Waals surface area contributed by atoms with E-state index in [-0.39, 0.29) is 11.6 Å². The minimum atomic E-state index is -0.252. The molecule has 0 atom stereocenters. The summed E-state index contributed by atoms with van der Waals surface area (Å²) in [4.78, 5) is 15.0. The first-order valence-corrected chi connectivity index (χ1v) is 7.06. The highest BCUT2D eigenvalue weighted by molar-refractivity contribution is 7.98. The quantitative estimate of drug-likeness (QED) is 0.837. The van der Waals surface area contributed by atoms with Gasteiger partial charge in [0.05, 0.1) is 17.8 Å². The monoisotopic (exact) mass is 266 g/mol. The average molecular weight is 266 g/mol. The van der Waals surface area contributed by atoms with Crippen LogP contribution >= 0.6 is 11.8 Å². The van der Waals surface area contributed by atoms with E-state index in [0.29, 0.717) is 13.3 Å². The van der Waals surface area contributed by atoms with Crippen molar-refractivity contribution in [2.75, 3.05) is 24.9 Å². The Morgan fingerprint density at radius 1 is 1.44 bits per heavy atom. The highest BCUT2D eigenvalue weighted by Crippen LogP contribution is 2.27. The molecule has 1 aromatic rings. The summed E-state index contributed by atoms with van der Waals surface area (Å²) in [5.74, 6) is 0. The number of amides is 2. The smallest absolute Gasteiger partial charge is 0.324 e. The highest BCUT2D eigenvalue weighted by atomic mass is 32.2. The molecule has 1 saturated heterocycles. The van der Waals surface area contributed by atoms with Crippen LogP contribution < -0.4 is 5.32 Å². The molecule has 2 rings (SSSR count). The van der Waals surface area contributed by atoms with Crippen molar-refractivity contribution >= 4 is 23.5 Å². The van der Waals surface area contributed by atoms with Gasteiger partial charge in [-0.1, -0.05) is 12.1 Å². The van der Waals surface area contributed by atoms with E-state index in [2.05, 4.69) is 5.32 Å². The Balaban J connectivity index is 2.12. The van der Waals surface area contributed by atoms with Crippen molar-refractivity contribution in [3.63, 3.8) is 0 Å². The van der Waals surface area contributed by atoms with E-state index >= 15 is 0 Å². The second kappa shape index (κ2) is 5.20. The Hall–Kier alpha value is -1.20. The Kier molecular flexibility index (Phi) is 3.82. The molecule has 2 amide bonds. The van der Waals surface area contributed by atoms with Crippen molar-refractivity contribution in [1.82, 2.24) is 4.90 Å². The zero-order chi connectivity index (χ0) is 13.2. The molecule has 18 heavy (non-hydrogen) atoms. The molecule has 1 aromatic carbocycles. The summed E-state index contributed by atoms with van der Waals surface area (Å²) in [5, 5.41) is 2.95. The van der Waals surface area contributed by atoms with E-state index in [4.69, 9.17) is 4.74 Å². The normalized spacial score (nSPS) is 17.8. The summed E-state index contributed by atoms with van der Waals surface area (Å²) in [6.07, 6.45) is 1.99. The minimum absolute atomic E-state index is 0.112. The van der Waals surface area contributed by atoms with Crippen molar-refractivity contribution in [3.8, 4) is 0 Å². The van der Waals surface area contributed by atoms with Crippen molar-refractivity contribution in [2.45, 2.75) is 24.3 Å². The van der Waals surface area contributed by atoms with Gasteiger partial charge in [0.25, 0.3) is 0 Å². The summed E-state index contributed by atoms with van der Waals surface area (Å²) in [7, 11) is 0. The van der Waals surface area contributed by atoms with Crippen LogP contribution in [0.25, 0.3) is 0 Å². The number of thioether (sulfide) groups is 1. The number of hydrogen-bond donors (Lipinski definition) is 1. The zero-order valence-corrected chi connectivity index (χ0v) is 11.7. The molecule has 0 spiro atoms. The molecule has 1 N–H and O–H groups in total. The van der Waals surface area contributed by atoms with Gasteiger partial charge in [-0.3, -0.25) is 4.90 Å². The Bertz CT molecular complexity index is 448. The summed E-state index contributed by atoms with van der Waals surface area (Å²) < 4.78 is 5.35. The number of carbonyl (C=O) groups excluding carboxylic acids is 1. The molecule has 98 valence electrons. The lowest BCUT2D eigenvalue weighted by Crippen LogP contribution is -2.46. The minimum Gasteiger partial charge on any atom is -0.359 e. The van der Waals surface area contributed by atoms with Gasteiger partial charge in [-0.25, -0.2) is 4.79 Å². The zero-order valence-electron chi connectivity index (χ0n) is 10.9. The Labute approximate surface area is 112 Å². The van der Waals surface area contributed by atoms with E-state index < -0.39 is 0 Å². The van der Waals surface area contributed by atoms with E-state index in [9.17, 15) is 4.79 Å². The van der Waals surface area contributed by atoms with Crippen LogP contribution in [-0.4, -0.2) is 36.1 Å². The van der Waals surface area contributed by atoms with E-state index in [0.717, 1.165) is 10.6 Å². The van der Waals surface area contributed by atoms with Gasteiger partial charge in [0, 0.05) is 4.90 Å². The lowest BCUT2D eigenvalue weighted by Gasteiger charge is -2.29. The molecule has 1 aliphatic heterocycles. The number of hydrogen-bond acceptors (Lipinski definition) is 3. The number of carbonyl (C=O) groups is 1. The molecule has 0 radical (unpaired) electrons. The van der Waals surface area contributed by atoms with Gasteiger partial charge in [0.15, 0.2) is 0 Å². The predicted molar refractivity (Wildman–Crippen MR) is 74.0 cm³/mol. The number of ether oxygens (including phenoxy) is 1. The number of anilines is 1. The maximum atomic E-state index is 12.2. The second-order valence-corrected chi connectivity index (χ2v) is 5.70. The molecule has 0 aliphatic carbocycles. The summed E-state index contributed by atoms with van der Waals surface area (Å²) in [6.45, 7) is 4.92. The maximum Gasteiger partial charge on any atom is 0.324 e. The van der Waals surface area contributed by atoms with Crippen LogP contribution in [0.1, 0.15) is 13.8 Å². The van der Waals surface area contributed by atoms with Gasteiger partial charge >= 0.3 is 6.03 Å². The van der Waals surface area contributed by atoms with Crippen molar-refractivity contribution in [3.05, 3.63) is 24.3 Å². The summed E-state index contributed by atoms with van der Waals surface area (Å²) in [6, 6.07) is 7.67. The molecule has 0 bridgehead atoms. The van der Waals surface area contributed by atoms with Gasteiger partial charge in [-0.05, 0) is 32.2 Å². The third kappa shape index (κ3) is 2.62. The topological polar surface area (TPSA) is 41.6 Å². The predicted octanol–water partition coefficient (Wildman–Crippen LogP) is 3.01. The molecule has 1 heterocycles. The molecule has 1 aliphatic rings. The fraction of sp³-hybridized carbons (Fsp3) is 0.462. The Morgan fingerprint density at radius 3 is 2.78 bits per heavy atom. The summed E-state index contributed by atoms with van der Waals surface area (Å²) >= 11 is 1.62. The molecule has 1 fully saturated rings. The lowest BCUT2D eigenvalue weighted by atomic mass is 10.1. The number of benzene rings is 1. The molecule has 5 heteroatoms. The van der Waals surface area contributed by atoms with Crippen molar-refractivity contribution in [1.29, 1.82) is 0 Å². The third-order valence-corrected chi connectivity index (χ3v) is 3.80. The number of rotatable bonds is 2. The average Bonchev–Trinajstić information content (AvgIpc) is 2.69. The number of urea groups is 1. The number of para-hydroxylation sites is 1. The van der Waals surface area contributed by atoms with E-state index in [1.807, 2.05) is 44.4 Å². The van der Waals surface area contributed by atoms with E-state index in [1.54, 1.807) is 16.7 Å². The molecule has 0 unspecified atom stereocenters. The number of nitrogens with one attached hydrogen (secondary N) is 1. The standard InChI is InChI=1S/C13H18N2O2S/c1-13(2)8-17-9-15(13)12(16)14-10-6-4-5-7-11(10)18-3/h4-7H,8-9H2,1-3H3,(H,14,16). The molecule has 4 nitrogen and oxygen atoms in total. The Morgan fingerprint density at radius 2 is 2.17 bits per heavy atom. The largest absolute Gasteiger partial charge is 0.359 e. The lowest BCUT2D eigenvalue weighted by molar-refractivity contribution is 0.147. The summed E-state index contributed by atoms with van der Waals surface area (Å²) in [5.41, 5.74) is 0.593. The van der Waals surface area contributed by atoms with Crippen LogP contribution in [0.4, 0.5) is 10.5 Å². The molecule has 0 saturated carbocycles. The van der Waals surface area contributed by atoms with Crippen LogP contribution in [0.2, 0.25) is 0 Å². The van der Waals surface area contributed by atoms with Crippen LogP contribution in [0.3, 0.4) is 0 Å². The van der Waals surface area contributed by atoms with Crippen LogP contribution in [0, 0.1) is 0 Å². The van der Waals surface area contributed by atoms with Crippen LogP contribution in [0.5, 0.6) is 0 Å². The van der Waals surface area contributed by atoms with Gasteiger partial charge in [-0.15, -0.1) is 11.8 Å². The first kappa shape index (κ1) is 13.2. The molecule has 0 aromatic heterocycles. The molecular formula is C13H18N2O2S. The van der Waals surface area contributed by atoms with Gasteiger partial charge in [-0.2, -0.15) is 0 Å². The van der Waals surface area contributed by atoms with Crippen molar-refractivity contribution < 1.29 is 9.53 Å². The van der Waals surface area contributed by atoms with Gasteiger partial charge in [0.1, 0.15) is 6.73 Å². The second-order valence-electron chi connectivity index (χ2n) is 4.85. The first-order chi connectivity index (χ1) is 8.54. The van der Waals surface area contributed by atoms with Crippen molar-refractivity contribution in [2.24, 2.45) is 0 Å². The van der Waals surface area contributed by atoms with Crippen LogP contribution in [0.15, 0.2) is 29.2 Å². The first-order valence-electron chi connectivity index (χ1n) is 5.84. The third-order valence-electron chi connectivity index (χ3n) is 3.00. The van der Waals surface area contributed by atoms with Gasteiger partial charge in [0.2, 0.25) is 0 Å². The molecular weight excluding hydrogens is 248 g/mol. The highest BCUT2D eigenvalue weighted by Gasteiger charge is 2.36. The number of nitrogens with zero attached hydrogens (tertiary/aromatic N) is 1. The fourth-order valence-electron chi connectivity index (χ4n) is 1.90.